The summed E-state index contributed by atoms with van der Waals surface area (Å²) in [5, 5.41) is -0.204. The van der Waals surface area contributed by atoms with Gasteiger partial charge in [-0.1, -0.05) is 24.3 Å². The Morgan fingerprint density at radius 1 is 1.17 bits per heavy atom. The number of rotatable bonds is 7. The second kappa shape index (κ2) is 8.69. The molecule has 0 N–H and O–H groups in total. The van der Waals surface area contributed by atoms with Crippen molar-refractivity contribution in [1.82, 2.24) is 4.90 Å². The molecule has 0 aromatic heterocycles. The summed E-state index contributed by atoms with van der Waals surface area (Å²) in [5.74, 6) is 2.73. The van der Waals surface area contributed by atoms with Gasteiger partial charge < -0.3 is 23.8 Å². The van der Waals surface area contributed by atoms with Crippen LogP contribution in [0.3, 0.4) is 0 Å². The number of hydrogen-bond donors (Lipinski definition) is 0. The Balaban J connectivity index is 1.44. The summed E-state index contributed by atoms with van der Waals surface area (Å²) in [6.07, 6.45) is 1.08. The van der Waals surface area contributed by atoms with Crippen LogP contribution >= 0.6 is 11.8 Å². The molecule has 1 saturated heterocycles. The fourth-order valence-electron chi connectivity index (χ4n) is 3.27. The summed E-state index contributed by atoms with van der Waals surface area (Å²) in [6, 6.07) is 15.4. The number of carbonyl (C=O) groups is 1. The SMILES string of the molecule is CCOc1ccc(CN2C(=O)CSC2C2=COC(c3cccc(OC)c3)O2)cc1. The number of ether oxygens (including phenoxy) is 4. The first-order chi connectivity index (χ1) is 14.2. The minimum atomic E-state index is -0.538. The predicted octanol–water partition coefficient (Wildman–Crippen LogP) is 4.08. The molecule has 0 spiro atoms. The summed E-state index contributed by atoms with van der Waals surface area (Å²) in [5.41, 5.74) is 1.90. The average Bonchev–Trinajstić information content (AvgIpc) is 3.37. The Morgan fingerprint density at radius 2 is 2.00 bits per heavy atom. The quantitative estimate of drug-likeness (QED) is 0.682. The van der Waals surface area contributed by atoms with E-state index < -0.39 is 6.29 Å². The lowest BCUT2D eigenvalue weighted by Gasteiger charge is -2.24. The van der Waals surface area contributed by atoms with Gasteiger partial charge in [0, 0.05) is 12.1 Å². The molecule has 6 nitrogen and oxygen atoms in total. The summed E-state index contributed by atoms with van der Waals surface area (Å²) >= 11 is 1.54. The third-order valence-electron chi connectivity index (χ3n) is 4.72. The zero-order valence-corrected chi connectivity index (χ0v) is 17.2. The van der Waals surface area contributed by atoms with Gasteiger partial charge in [-0.3, -0.25) is 4.79 Å². The minimum absolute atomic E-state index is 0.0863. The minimum Gasteiger partial charge on any atom is -0.497 e. The van der Waals surface area contributed by atoms with Gasteiger partial charge in [0.15, 0.2) is 5.76 Å². The highest BCUT2D eigenvalue weighted by atomic mass is 32.2. The van der Waals surface area contributed by atoms with Gasteiger partial charge in [-0.2, -0.15) is 0 Å². The Labute approximate surface area is 174 Å². The molecule has 152 valence electrons. The maximum atomic E-state index is 12.5. The molecule has 0 aliphatic carbocycles. The highest BCUT2D eigenvalue weighted by Gasteiger charge is 2.39. The largest absolute Gasteiger partial charge is 0.497 e. The van der Waals surface area contributed by atoms with Gasteiger partial charge in [-0.05, 0) is 36.8 Å². The fraction of sp³-hybridized carbons (Fsp3) is 0.318. The van der Waals surface area contributed by atoms with Crippen LogP contribution in [0.5, 0.6) is 11.5 Å². The Morgan fingerprint density at radius 3 is 2.76 bits per heavy atom. The first-order valence-electron chi connectivity index (χ1n) is 9.47. The molecule has 4 rings (SSSR count). The second-order valence-electron chi connectivity index (χ2n) is 6.64. The molecular weight excluding hydrogens is 390 g/mol. The van der Waals surface area contributed by atoms with E-state index >= 15 is 0 Å². The van der Waals surface area contributed by atoms with Crippen LogP contribution in [-0.4, -0.2) is 35.7 Å². The molecule has 1 fully saturated rings. The topological polar surface area (TPSA) is 57.2 Å². The number of thioether (sulfide) groups is 1. The van der Waals surface area contributed by atoms with Crippen molar-refractivity contribution in [1.29, 1.82) is 0 Å². The molecule has 2 aromatic carbocycles. The van der Waals surface area contributed by atoms with E-state index in [9.17, 15) is 4.79 Å². The van der Waals surface area contributed by atoms with E-state index in [2.05, 4.69) is 0 Å². The lowest BCUT2D eigenvalue weighted by Crippen LogP contribution is -2.33. The van der Waals surface area contributed by atoms with E-state index in [4.69, 9.17) is 18.9 Å². The third kappa shape index (κ3) is 4.29. The fourth-order valence-corrected chi connectivity index (χ4v) is 4.39. The van der Waals surface area contributed by atoms with Gasteiger partial charge in [0.05, 0.1) is 19.5 Å². The zero-order valence-electron chi connectivity index (χ0n) is 16.4. The zero-order chi connectivity index (χ0) is 20.2. The first-order valence-corrected chi connectivity index (χ1v) is 10.5. The average molecular weight is 413 g/mol. The van der Waals surface area contributed by atoms with E-state index in [1.54, 1.807) is 25.1 Å². The Kier molecular flexibility index (Phi) is 5.85. The predicted molar refractivity (Wildman–Crippen MR) is 110 cm³/mol. The molecule has 2 atom stereocenters. The van der Waals surface area contributed by atoms with E-state index in [1.807, 2.05) is 60.4 Å². The molecule has 2 aliphatic heterocycles. The van der Waals surface area contributed by atoms with Crippen LogP contribution in [0.15, 0.2) is 60.6 Å². The molecule has 2 aliphatic rings. The van der Waals surface area contributed by atoms with E-state index in [0.717, 1.165) is 22.6 Å². The smallest absolute Gasteiger partial charge is 0.267 e. The molecule has 7 heteroatoms. The molecule has 2 unspecified atom stereocenters. The molecular formula is C22H23NO5S. The van der Waals surface area contributed by atoms with Crippen molar-refractivity contribution < 1.29 is 23.7 Å². The van der Waals surface area contributed by atoms with Gasteiger partial charge in [0.25, 0.3) is 6.29 Å². The number of benzene rings is 2. The number of amides is 1. The monoisotopic (exact) mass is 413 g/mol. The summed E-state index contributed by atoms with van der Waals surface area (Å²) < 4.78 is 22.5. The van der Waals surface area contributed by atoms with Gasteiger partial charge in [0.1, 0.15) is 23.1 Å². The van der Waals surface area contributed by atoms with E-state index in [-0.39, 0.29) is 11.3 Å². The molecule has 2 aromatic rings. The first kappa shape index (κ1) is 19.5. The van der Waals surface area contributed by atoms with Crippen LogP contribution in [0.4, 0.5) is 0 Å². The molecule has 1 amide bonds. The molecule has 29 heavy (non-hydrogen) atoms. The summed E-state index contributed by atoms with van der Waals surface area (Å²) in [7, 11) is 1.62. The van der Waals surface area contributed by atoms with Crippen molar-refractivity contribution >= 4 is 17.7 Å². The highest BCUT2D eigenvalue weighted by Crippen LogP contribution is 2.39. The van der Waals surface area contributed by atoms with Crippen LogP contribution in [-0.2, 0) is 20.8 Å². The molecule has 0 bridgehead atoms. The molecule has 0 saturated carbocycles. The lowest BCUT2D eigenvalue weighted by atomic mass is 10.2. The Bertz CT molecular complexity index is 898. The van der Waals surface area contributed by atoms with Crippen molar-refractivity contribution in [2.24, 2.45) is 0 Å². The summed E-state index contributed by atoms with van der Waals surface area (Å²) in [6.45, 7) is 3.09. The number of methoxy groups -OCH3 is 1. The van der Waals surface area contributed by atoms with Crippen LogP contribution < -0.4 is 9.47 Å². The van der Waals surface area contributed by atoms with E-state index in [0.29, 0.717) is 24.7 Å². The van der Waals surface area contributed by atoms with Crippen molar-refractivity contribution in [2.45, 2.75) is 25.1 Å². The van der Waals surface area contributed by atoms with Crippen molar-refractivity contribution in [3.05, 3.63) is 71.7 Å². The van der Waals surface area contributed by atoms with Gasteiger partial charge in [0.2, 0.25) is 5.91 Å². The van der Waals surface area contributed by atoms with Crippen LogP contribution in [0.1, 0.15) is 24.3 Å². The lowest BCUT2D eigenvalue weighted by molar-refractivity contribution is -0.129. The van der Waals surface area contributed by atoms with Crippen molar-refractivity contribution in [3.63, 3.8) is 0 Å². The standard InChI is InChI=1S/C22H23NO5S/c1-3-26-17-9-7-15(8-10-17)12-23-20(24)14-29-21(23)19-13-27-22(28-19)16-5-4-6-18(11-16)25-2/h4-11,13,21-22H,3,12,14H2,1-2H3. The van der Waals surface area contributed by atoms with Gasteiger partial charge >= 0.3 is 0 Å². The van der Waals surface area contributed by atoms with Gasteiger partial charge in [-0.25, -0.2) is 0 Å². The van der Waals surface area contributed by atoms with Crippen molar-refractivity contribution in [3.8, 4) is 11.5 Å². The van der Waals surface area contributed by atoms with Crippen LogP contribution in [0, 0.1) is 0 Å². The normalized spacial score (nSPS) is 20.8. The second-order valence-corrected chi connectivity index (χ2v) is 7.71. The van der Waals surface area contributed by atoms with Crippen LogP contribution in [0.25, 0.3) is 0 Å². The Hall–Kier alpha value is -2.80. The van der Waals surface area contributed by atoms with E-state index in [1.165, 1.54) is 0 Å². The van der Waals surface area contributed by atoms with Crippen molar-refractivity contribution in [2.75, 3.05) is 19.5 Å². The molecule has 0 radical (unpaired) electrons. The number of hydrogen-bond acceptors (Lipinski definition) is 6. The molecule has 2 heterocycles. The highest BCUT2D eigenvalue weighted by molar-refractivity contribution is 8.01. The third-order valence-corrected chi connectivity index (χ3v) is 5.93. The number of nitrogens with zero attached hydrogens (tertiary/aromatic N) is 1. The van der Waals surface area contributed by atoms with Gasteiger partial charge in [-0.15, -0.1) is 11.8 Å². The number of carbonyl (C=O) groups excluding carboxylic acids is 1. The maximum absolute atomic E-state index is 12.5. The maximum Gasteiger partial charge on any atom is 0.267 e. The van der Waals surface area contributed by atoms with Crippen LogP contribution in [0.2, 0.25) is 0 Å². The summed E-state index contributed by atoms with van der Waals surface area (Å²) in [4.78, 5) is 14.3.